The second kappa shape index (κ2) is 5.98. The summed E-state index contributed by atoms with van der Waals surface area (Å²) in [6.45, 7) is 5.33. The van der Waals surface area contributed by atoms with E-state index in [4.69, 9.17) is 4.74 Å². The van der Waals surface area contributed by atoms with Gasteiger partial charge in [-0.15, -0.1) is 0 Å². The van der Waals surface area contributed by atoms with Crippen molar-refractivity contribution in [2.24, 2.45) is 0 Å². The molecule has 0 spiro atoms. The first-order valence-electron chi connectivity index (χ1n) is 8.11. The molecule has 1 aromatic rings. The van der Waals surface area contributed by atoms with E-state index in [-0.39, 0.29) is 17.8 Å². The third-order valence-electron chi connectivity index (χ3n) is 3.75. The van der Waals surface area contributed by atoms with E-state index in [1.807, 2.05) is 0 Å². The fourth-order valence-electron chi connectivity index (χ4n) is 2.60. The van der Waals surface area contributed by atoms with Gasteiger partial charge in [0.2, 0.25) is 5.91 Å². The van der Waals surface area contributed by atoms with Gasteiger partial charge in [-0.05, 0) is 57.9 Å². The summed E-state index contributed by atoms with van der Waals surface area (Å²) in [5.74, 6) is -0.626. The lowest BCUT2D eigenvalue weighted by molar-refractivity contribution is -0.120. The predicted octanol–water partition coefficient (Wildman–Crippen LogP) is 5.68. The lowest BCUT2D eigenvalue weighted by atomic mass is 10.2. The zero-order valence-electron chi connectivity index (χ0n) is 15.0. The number of anilines is 1. The van der Waals surface area contributed by atoms with Crippen LogP contribution in [-0.2, 0) is 9.53 Å². The maximum atomic E-state index is 12.7. The topological polar surface area (TPSA) is 58.6 Å². The van der Waals surface area contributed by atoms with Crippen LogP contribution in [0.4, 0.5) is 29.9 Å². The number of hydrogen-bond donors (Lipinski definition) is 1. The van der Waals surface area contributed by atoms with Crippen molar-refractivity contribution in [2.45, 2.75) is 50.2 Å². The summed E-state index contributed by atoms with van der Waals surface area (Å²) < 4.78 is 68.8. The van der Waals surface area contributed by atoms with Crippen LogP contribution in [0.2, 0.25) is 0 Å². The smallest absolute Gasteiger partial charge is 0.410 e. The van der Waals surface area contributed by atoms with Crippen molar-refractivity contribution in [2.75, 3.05) is 11.9 Å². The minimum Gasteiger partial charge on any atom is -0.444 e. The quantitative estimate of drug-likeness (QED) is 0.645. The Morgan fingerprint density at radius 2 is 1.67 bits per heavy atom. The first kappa shape index (κ1) is 21.3. The number of nitrogens with zero attached hydrogens (tertiary/aromatic N) is 1. The van der Waals surface area contributed by atoms with Gasteiger partial charge in [0.25, 0.3) is 0 Å². The van der Waals surface area contributed by atoms with Crippen LogP contribution < -0.4 is 5.32 Å². The van der Waals surface area contributed by atoms with E-state index in [9.17, 15) is 29.0 Å². The van der Waals surface area contributed by atoms with Gasteiger partial charge in [-0.25, -0.2) is 4.79 Å². The first-order chi connectivity index (χ1) is 12.0. The third kappa shape index (κ3) is 5.72. The van der Waals surface area contributed by atoms with Crippen LogP contribution in [-0.4, -0.2) is 35.1 Å². The van der Waals surface area contributed by atoms with Gasteiger partial charge in [-0.3, -0.25) is 9.69 Å². The molecule has 1 atom stereocenters. The molecule has 0 aliphatic carbocycles. The highest BCUT2D eigenvalue weighted by Gasteiger charge is 2.65. The number of carbonyl (C=O) groups excluding carboxylic acids is 2. The highest BCUT2D eigenvalue weighted by molar-refractivity contribution is 8.45. The average molecular weight is 416 g/mol. The van der Waals surface area contributed by atoms with E-state index >= 15 is 0 Å². The van der Waals surface area contributed by atoms with E-state index in [1.54, 1.807) is 20.8 Å². The summed E-state index contributed by atoms with van der Waals surface area (Å²) in [5.41, 5.74) is -0.830. The van der Waals surface area contributed by atoms with E-state index in [0.717, 1.165) is 12.1 Å². The number of likely N-dealkylation sites (tertiary alicyclic amines) is 1. The van der Waals surface area contributed by atoms with E-state index in [2.05, 4.69) is 5.32 Å². The predicted molar refractivity (Wildman–Crippen MR) is 92.4 cm³/mol. The van der Waals surface area contributed by atoms with Crippen LogP contribution in [0.1, 0.15) is 33.6 Å². The molecule has 0 radical (unpaired) electrons. The number of ether oxygens (including phenoxy) is 1. The number of halogens is 5. The molecule has 0 bridgehead atoms. The molecule has 1 aromatic carbocycles. The van der Waals surface area contributed by atoms with Crippen molar-refractivity contribution in [3.05, 3.63) is 24.3 Å². The summed E-state index contributed by atoms with van der Waals surface area (Å²) in [7, 11) is -9.76. The van der Waals surface area contributed by atoms with Crippen LogP contribution >= 0.6 is 10.2 Å². The van der Waals surface area contributed by atoms with Crippen LogP contribution in [0.5, 0.6) is 0 Å². The summed E-state index contributed by atoms with van der Waals surface area (Å²) in [6, 6.07) is 1.08. The lowest BCUT2D eigenvalue weighted by Crippen LogP contribution is -2.45. The minimum absolute atomic E-state index is 0.0818. The molecule has 27 heavy (non-hydrogen) atoms. The molecule has 2 rings (SSSR count). The largest absolute Gasteiger partial charge is 0.444 e. The molecule has 2 amide bonds. The third-order valence-corrected chi connectivity index (χ3v) is 4.91. The van der Waals surface area contributed by atoms with E-state index in [1.165, 1.54) is 4.90 Å². The van der Waals surface area contributed by atoms with E-state index in [0.29, 0.717) is 19.4 Å². The number of nitrogens with one attached hydrogen (secondary N) is 1. The summed E-state index contributed by atoms with van der Waals surface area (Å²) >= 11 is 0. The molecular weight excluding hydrogens is 395 g/mol. The maximum absolute atomic E-state index is 12.7. The SMILES string of the molecule is CC(C)(C)OC(=O)N1CCCC1C(=O)Nc1ccc(S(F)(F)(F)(F)F)cc1. The molecule has 1 heterocycles. The Kier molecular flexibility index (Phi) is 4.71. The zero-order chi connectivity index (χ0) is 20.7. The van der Waals surface area contributed by atoms with E-state index < -0.39 is 38.8 Å². The molecule has 1 N–H and O–H groups in total. The van der Waals surface area contributed by atoms with Crippen molar-refractivity contribution in [1.29, 1.82) is 0 Å². The number of amides is 2. The Labute approximate surface area is 153 Å². The fourth-order valence-corrected chi connectivity index (χ4v) is 3.25. The Morgan fingerprint density at radius 3 is 2.15 bits per heavy atom. The van der Waals surface area contributed by atoms with Gasteiger partial charge in [0.1, 0.15) is 16.5 Å². The van der Waals surface area contributed by atoms with Gasteiger partial charge in [0.05, 0.1) is 0 Å². The van der Waals surface area contributed by atoms with Gasteiger partial charge in [-0.1, -0.05) is 19.4 Å². The van der Waals surface area contributed by atoms with Crippen molar-refractivity contribution < 1.29 is 33.8 Å². The Morgan fingerprint density at radius 1 is 1.11 bits per heavy atom. The first-order valence-corrected chi connectivity index (χ1v) is 10.1. The number of rotatable bonds is 3. The maximum Gasteiger partial charge on any atom is 0.410 e. The molecular formula is C16H21F5N2O3S. The van der Waals surface area contributed by atoms with Crippen LogP contribution in [0.25, 0.3) is 0 Å². The summed E-state index contributed by atoms with van der Waals surface area (Å²) in [6.07, 6.45) is 0.242. The standard InChI is InChI=1S/C16H21F5N2O3S/c1-16(2,3)26-15(25)23-10-4-5-13(23)14(24)22-11-6-8-12(9-7-11)27(17,18,19,20)21/h6-9,13H,4-5,10H2,1-3H3,(H,22,24). The van der Waals surface area contributed by atoms with Crippen molar-refractivity contribution in [1.82, 2.24) is 4.90 Å². The second-order valence-electron chi connectivity index (χ2n) is 7.31. The van der Waals surface area contributed by atoms with Crippen LogP contribution in [0.3, 0.4) is 0 Å². The molecule has 154 valence electrons. The molecule has 1 aliphatic rings. The molecule has 1 unspecified atom stereocenters. The molecule has 1 aliphatic heterocycles. The van der Waals surface area contributed by atoms with Crippen molar-refractivity contribution in [3.8, 4) is 0 Å². The number of hydrogen-bond acceptors (Lipinski definition) is 3. The van der Waals surface area contributed by atoms with Crippen molar-refractivity contribution >= 4 is 27.9 Å². The number of carbonyl (C=O) groups is 2. The summed E-state index contributed by atoms with van der Waals surface area (Å²) in [4.78, 5) is 23.8. The molecule has 1 fully saturated rings. The van der Waals surface area contributed by atoms with Gasteiger partial charge >= 0.3 is 16.3 Å². The van der Waals surface area contributed by atoms with Gasteiger partial charge in [0.15, 0.2) is 0 Å². The second-order valence-corrected chi connectivity index (χ2v) is 9.72. The number of benzene rings is 1. The monoisotopic (exact) mass is 416 g/mol. The lowest BCUT2D eigenvalue weighted by Gasteiger charge is -2.40. The van der Waals surface area contributed by atoms with Crippen LogP contribution in [0, 0.1) is 0 Å². The minimum atomic E-state index is -9.76. The highest BCUT2D eigenvalue weighted by atomic mass is 32.5. The Hall–Kier alpha value is -2.04. The molecule has 1 saturated heterocycles. The van der Waals surface area contributed by atoms with Gasteiger partial charge in [0, 0.05) is 12.2 Å². The molecule has 0 saturated carbocycles. The Bertz CT molecular complexity index is 744. The molecule has 11 heteroatoms. The Balaban J connectivity index is 2.10. The van der Waals surface area contributed by atoms with Crippen LogP contribution in [0.15, 0.2) is 29.2 Å². The average Bonchev–Trinajstić information content (AvgIpc) is 2.93. The fraction of sp³-hybridized carbons (Fsp3) is 0.500. The molecule has 5 nitrogen and oxygen atoms in total. The molecule has 0 aromatic heterocycles. The van der Waals surface area contributed by atoms with Gasteiger partial charge < -0.3 is 10.1 Å². The normalized spacial score (nSPS) is 20.6. The highest BCUT2D eigenvalue weighted by Crippen LogP contribution is 3.02. The zero-order valence-corrected chi connectivity index (χ0v) is 15.8. The summed E-state index contributed by atoms with van der Waals surface area (Å²) in [5, 5.41) is 2.35. The van der Waals surface area contributed by atoms with Crippen molar-refractivity contribution in [3.63, 3.8) is 0 Å². The van der Waals surface area contributed by atoms with Gasteiger partial charge in [-0.2, -0.15) is 0 Å².